The van der Waals surface area contributed by atoms with Crippen LogP contribution in [0.25, 0.3) is 65.6 Å². The SMILES string of the molecule is [C-]#[N+]/C(C#N)=C1/c2cc(-c3cccc(OC(F)(F)F)c3)ccc2-c2nc3c(nc21)-c1ccc(-c2cccc(C)c2)cc1/C3=C(/C#N)[N+]#[C-]. The first kappa shape index (κ1) is 29.7. The van der Waals surface area contributed by atoms with Crippen LogP contribution in [0.5, 0.6) is 5.75 Å². The van der Waals surface area contributed by atoms with Gasteiger partial charge < -0.3 is 4.74 Å². The van der Waals surface area contributed by atoms with E-state index in [1.54, 1.807) is 24.3 Å². The molecule has 10 heteroatoms. The number of hydrogen-bond donors (Lipinski definition) is 0. The summed E-state index contributed by atoms with van der Waals surface area (Å²) in [5.74, 6) is -0.394. The van der Waals surface area contributed by atoms with E-state index in [-0.39, 0.29) is 22.7 Å². The van der Waals surface area contributed by atoms with Gasteiger partial charge in [-0.15, -0.1) is 13.2 Å². The van der Waals surface area contributed by atoms with Crippen LogP contribution in [0.4, 0.5) is 13.2 Å². The van der Waals surface area contributed by atoms with Crippen molar-refractivity contribution >= 4 is 11.1 Å². The molecule has 0 atom stereocenters. The lowest BCUT2D eigenvalue weighted by Gasteiger charge is -2.11. The molecule has 0 amide bonds. The lowest BCUT2D eigenvalue weighted by atomic mass is 9.96. The van der Waals surface area contributed by atoms with Crippen LogP contribution >= 0.6 is 0 Å². The zero-order chi connectivity index (χ0) is 33.7. The van der Waals surface area contributed by atoms with E-state index in [0.717, 1.165) is 16.7 Å². The summed E-state index contributed by atoms with van der Waals surface area (Å²) in [4.78, 5) is 16.9. The summed E-state index contributed by atoms with van der Waals surface area (Å²) in [5, 5.41) is 20.0. The van der Waals surface area contributed by atoms with Gasteiger partial charge in [-0.05, 0) is 64.6 Å². The molecule has 0 saturated heterocycles. The molecule has 48 heavy (non-hydrogen) atoms. The molecule has 7 nitrogen and oxygen atoms in total. The standard InChI is InChI=1S/C38H17F3N6O/c1-20-6-4-7-21(14-20)23-10-12-26-28(16-23)32(30(18-42)44-2)36-34(26)46-37-33(31(19-43)45-3)29-17-24(11-13-27(29)35(37)47-36)22-8-5-9-25(15-22)48-38(39,40)41/h4-17H,1H3/b32-30+,33-31-. The van der Waals surface area contributed by atoms with Crippen molar-refractivity contribution < 1.29 is 17.9 Å². The van der Waals surface area contributed by atoms with E-state index >= 15 is 0 Å². The molecule has 5 aromatic rings. The molecule has 2 aliphatic rings. The van der Waals surface area contributed by atoms with Gasteiger partial charge in [-0.3, -0.25) is 0 Å². The summed E-state index contributed by atoms with van der Waals surface area (Å²) in [6.45, 7) is 17.5. The lowest BCUT2D eigenvalue weighted by molar-refractivity contribution is -0.274. The van der Waals surface area contributed by atoms with Crippen molar-refractivity contribution in [3.8, 4) is 62.7 Å². The third kappa shape index (κ3) is 4.83. The van der Waals surface area contributed by atoms with Crippen molar-refractivity contribution in [3.63, 3.8) is 0 Å². The Morgan fingerprint density at radius 1 is 0.646 bits per heavy atom. The fraction of sp³-hybridized carbons (Fsp3) is 0.0526. The number of rotatable bonds is 3. The molecule has 0 unspecified atom stereocenters. The number of alkyl halides is 3. The summed E-state index contributed by atoms with van der Waals surface area (Å²) in [6, 6.07) is 28.2. The van der Waals surface area contributed by atoms with E-state index in [1.165, 1.54) is 18.2 Å². The van der Waals surface area contributed by atoms with E-state index in [1.807, 2.05) is 61.5 Å². The van der Waals surface area contributed by atoms with Crippen LogP contribution in [0.15, 0.2) is 96.3 Å². The minimum absolute atomic E-state index is 0.158. The molecule has 0 N–H and O–H groups in total. The number of nitriles is 2. The Labute approximate surface area is 272 Å². The van der Waals surface area contributed by atoms with Crippen LogP contribution in [-0.4, -0.2) is 16.3 Å². The van der Waals surface area contributed by atoms with Crippen molar-refractivity contribution in [1.29, 1.82) is 10.5 Å². The second-order valence-corrected chi connectivity index (χ2v) is 11.0. The first-order valence-electron chi connectivity index (χ1n) is 14.3. The van der Waals surface area contributed by atoms with E-state index in [4.69, 9.17) is 23.1 Å². The summed E-state index contributed by atoms with van der Waals surface area (Å²) >= 11 is 0. The van der Waals surface area contributed by atoms with E-state index in [0.29, 0.717) is 56.0 Å². The second-order valence-electron chi connectivity index (χ2n) is 11.0. The fourth-order valence-corrected chi connectivity index (χ4v) is 6.14. The number of allylic oxidation sites excluding steroid dienone is 2. The molecule has 7 rings (SSSR count). The first-order valence-corrected chi connectivity index (χ1v) is 14.3. The van der Waals surface area contributed by atoms with Gasteiger partial charge in [-0.25, -0.2) is 30.2 Å². The van der Waals surface area contributed by atoms with Gasteiger partial charge in [0.15, 0.2) is 0 Å². The van der Waals surface area contributed by atoms with Gasteiger partial charge in [-0.1, -0.05) is 66.2 Å². The number of aromatic nitrogens is 2. The molecule has 0 saturated carbocycles. The zero-order valence-corrected chi connectivity index (χ0v) is 24.8. The van der Waals surface area contributed by atoms with Gasteiger partial charge in [0.25, 0.3) is 11.4 Å². The molecule has 0 spiro atoms. The largest absolute Gasteiger partial charge is 0.573 e. The van der Waals surface area contributed by atoms with Crippen molar-refractivity contribution in [2.45, 2.75) is 13.3 Å². The Morgan fingerprint density at radius 2 is 1.12 bits per heavy atom. The first-order chi connectivity index (χ1) is 23.1. The third-order valence-electron chi connectivity index (χ3n) is 8.12. The molecule has 0 radical (unpaired) electrons. The maximum absolute atomic E-state index is 12.9. The highest BCUT2D eigenvalue weighted by Crippen LogP contribution is 2.51. The summed E-state index contributed by atoms with van der Waals surface area (Å²) in [6.07, 6.45) is -4.87. The molecule has 0 bridgehead atoms. The fourth-order valence-electron chi connectivity index (χ4n) is 6.14. The second kappa shape index (κ2) is 11.1. The number of benzene rings is 4. The molecular formula is C38H17F3N6O. The monoisotopic (exact) mass is 630 g/mol. The molecule has 2 aliphatic carbocycles. The van der Waals surface area contributed by atoms with Gasteiger partial charge >= 0.3 is 6.36 Å². The van der Waals surface area contributed by atoms with E-state index < -0.39 is 12.1 Å². The number of hydrogen-bond acceptors (Lipinski definition) is 5. The Kier molecular flexibility index (Phi) is 6.87. The molecule has 0 aliphatic heterocycles. The smallest absolute Gasteiger partial charge is 0.406 e. The van der Waals surface area contributed by atoms with Crippen molar-refractivity contribution in [1.82, 2.24) is 9.97 Å². The highest BCUT2D eigenvalue weighted by Gasteiger charge is 2.36. The highest BCUT2D eigenvalue weighted by atomic mass is 19.4. The molecule has 1 aromatic heterocycles. The van der Waals surface area contributed by atoms with Crippen LogP contribution in [0.2, 0.25) is 0 Å². The lowest BCUT2D eigenvalue weighted by Crippen LogP contribution is -2.17. The number of ether oxygens (including phenoxy) is 1. The van der Waals surface area contributed by atoms with Crippen molar-refractivity contribution in [2.75, 3.05) is 0 Å². The topological polar surface area (TPSA) is 91.3 Å². The average molecular weight is 631 g/mol. The number of fused-ring (bicyclic) bond motifs is 6. The molecule has 4 aromatic carbocycles. The van der Waals surface area contributed by atoms with Crippen molar-refractivity contribution in [3.05, 3.63) is 147 Å². The van der Waals surface area contributed by atoms with Crippen LogP contribution in [0.1, 0.15) is 28.1 Å². The van der Waals surface area contributed by atoms with Crippen LogP contribution in [0, 0.1) is 42.7 Å². The quantitative estimate of drug-likeness (QED) is 0.143. The zero-order valence-electron chi connectivity index (χ0n) is 24.8. The van der Waals surface area contributed by atoms with Crippen molar-refractivity contribution in [2.24, 2.45) is 0 Å². The predicted molar refractivity (Wildman–Crippen MR) is 172 cm³/mol. The Morgan fingerprint density at radius 3 is 1.58 bits per heavy atom. The van der Waals surface area contributed by atoms with E-state index in [2.05, 4.69) is 14.4 Å². The Balaban J connectivity index is 1.44. The molecule has 1 heterocycles. The maximum atomic E-state index is 12.9. The molecule has 226 valence electrons. The summed E-state index contributed by atoms with van der Waals surface area (Å²) in [7, 11) is 0. The van der Waals surface area contributed by atoms with Gasteiger partial charge in [0.2, 0.25) is 0 Å². The van der Waals surface area contributed by atoms with Gasteiger partial charge in [0, 0.05) is 22.3 Å². The molecule has 0 fully saturated rings. The average Bonchev–Trinajstić information content (AvgIpc) is 3.56. The van der Waals surface area contributed by atoms with Crippen LogP contribution in [0.3, 0.4) is 0 Å². The summed E-state index contributed by atoms with van der Waals surface area (Å²) < 4.78 is 42.8. The number of nitrogens with zero attached hydrogens (tertiary/aromatic N) is 6. The third-order valence-corrected chi connectivity index (χ3v) is 8.12. The highest BCUT2D eigenvalue weighted by molar-refractivity contribution is 6.07. The minimum atomic E-state index is -4.87. The normalized spacial score (nSPS) is 14.2. The van der Waals surface area contributed by atoms with Crippen LogP contribution < -0.4 is 4.74 Å². The van der Waals surface area contributed by atoms with Gasteiger partial charge in [-0.2, -0.15) is 0 Å². The Hall–Kier alpha value is -7.01. The number of halogens is 3. The molecular weight excluding hydrogens is 613 g/mol. The summed E-state index contributed by atoms with van der Waals surface area (Å²) in [5.41, 5.74) is 7.61. The minimum Gasteiger partial charge on any atom is -0.406 e. The maximum Gasteiger partial charge on any atom is 0.573 e. The predicted octanol–water partition coefficient (Wildman–Crippen LogP) is 9.38. The van der Waals surface area contributed by atoms with E-state index in [9.17, 15) is 23.7 Å². The Bertz CT molecular complexity index is 2450. The van der Waals surface area contributed by atoms with Gasteiger partial charge in [0.1, 0.15) is 5.75 Å². The van der Waals surface area contributed by atoms with Crippen LogP contribution in [-0.2, 0) is 0 Å². The van der Waals surface area contributed by atoms with Gasteiger partial charge in [0.05, 0.1) is 48.1 Å². The number of aryl methyl sites for hydroxylation is 1.